The summed E-state index contributed by atoms with van der Waals surface area (Å²) in [4.78, 5) is 26.9. The van der Waals surface area contributed by atoms with Crippen molar-refractivity contribution in [1.82, 2.24) is 10.2 Å². The fourth-order valence-corrected chi connectivity index (χ4v) is 3.13. The lowest BCUT2D eigenvalue weighted by Crippen LogP contribution is -2.50. The highest BCUT2D eigenvalue weighted by Gasteiger charge is 2.26. The number of anilines is 1. The molecule has 0 saturated carbocycles. The van der Waals surface area contributed by atoms with Crippen LogP contribution in [-0.4, -0.2) is 71.5 Å². The van der Waals surface area contributed by atoms with Crippen LogP contribution in [0.25, 0.3) is 0 Å². The number of piperazine rings is 1. The molecule has 8 heteroatoms. The predicted octanol–water partition coefficient (Wildman–Crippen LogP) is 1.66. The largest absolute Gasteiger partial charge is 0.444 e. The summed E-state index contributed by atoms with van der Waals surface area (Å²) in [5, 5.41) is 23.0. The smallest absolute Gasteiger partial charge is 0.410 e. The van der Waals surface area contributed by atoms with Crippen LogP contribution in [0.2, 0.25) is 0 Å². The number of ether oxygens (including phenoxy) is 1. The van der Waals surface area contributed by atoms with Crippen molar-refractivity contribution in [3.8, 4) is 0 Å². The average Bonchev–Trinajstić information content (AvgIpc) is 2.66. The molecule has 2 atom stereocenters. The van der Waals surface area contributed by atoms with Gasteiger partial charge in [0.1, 0.15) is 11.7 Å². The summed E-state index contributed by atoms with van der Waals surface area (Å²) in [7, 11) is 0. The number of hydrogen-bond donors (Lipinski definition) is 3. The maximum Gasteiger partial charge on any atom is 0.410 e. The number of amides is 2. The summed E-state index contributed by atoms with van der Waals surface area (Å²) < 4.78 is 5.42. The Bertz CT molecular complexity index is 679. The monoisotopic (exact) mass is 407 g/mol. The average molecular weight is 408 g/mol. The van der Waals surface area contributed by atoms with Gasteiger partial charge in [-0.25, -0.2) is 4.79 Å². The van der Waals surface area contributed by atoms with Crippen molar-refractivity contribution in [3.63, 3.8) is 0 Å². The number of aliphatic hydroxyl groups is 2. The van der Waals surface area contributed by atoms with Gasteiger partial charge >= 0.3 is 6.09 Å². The molecule has 0 radical (unpaired) electrons. The minimum atomic E-state index is -1.01. The third-order valence-corrected chi connectivity index (χ3v) is 4.71. The van der Waals surface area contributed by atoms with Gasteiger partial charge in [-0.15, -0.1) is 0 Å². The zero-order valence-corrected chi connectivity index (χ0v) is 17.7. The standard InChI is InChI=1S/C21H33N3O5/c1-15(25)22-10-9-18(26)19(27)16-5-7-17(8-6-16)23-11-13-24(14-12-23)20(28)29-21(2,3)4/h5-8,18-19,26-27H,9-14H2,1-4H3,(H,22,25). The van der Waals surface area contributed by atoms with Gasteiger partial charge in [0, 0.05) is 45.3 Å². The van der Waals surface area contributed by atoms with E-state index in [0.29, 0.717) is 38.3 Å². The Balaban J connectivity index is 1.86. The maximum atomic E-state index is 12.2. The van der Waals surface area contributed by atoms with Crippen LogP contribution in [0.15, 0.2) is 24.3 Å². The van der Waals surface area contributed by atoms with Crippen LogP contribution in [0.4, 0.5) is 10.5 Å². The first-order valence-corrected chi connectivity index (χ1v) is 10.0. The molecule has 1 fully saturated rings. The third-order valence-electron chi connectivity index (χ3n) is 4.71. The van der Waals surface area contributed by atoms with Crippen molar-refractivity contribution >= 4 is 17.7 Å². The van der Waals surface area contributed by atoms with Crippen LogP contribution < -0.4 is 10.2 Å². The van der Waals surface area contributed by atoms with Gasteiger partial charge in [-0.2, -0.15) is 0 Å². The van der Waals surface area contributed by atoms with E-state index in [9.17, 15) is 19.8 Å². The topological polar surface area (TPSA) is 102 Å². The van der Waals surface area contributed by atoms with E-state index in [0.717, 1.165) is 5.69 Å². The van der Waals surface area contributed by atoms with Crippen molar-refractivity contribution in [2.45, 2.75) is 51.9 Å². The molecule has 162 valence electrons. The van der Waals surface area contributed by atoms with E-state index in [1.165, 1.54) is 6.92 Å². The van der Waals surface area contributed by atoms with Crippen LogP contribution >= 0.6 is 0 Å². The van der Waals surface area contributed by atoms with Crippen LogP contribution in [-0.2, 0) is 9.53 Å². The zero-order valence-electron chi connectivity index (χ0n) is 17.7. The lowest BCUT2D eigenvalue weighted by molar-refractivity contribution is -0.119. The van der Waals surface area contributed by atoms with Crippen molar-refractivity contribution in [2.75, 3.05) is 37.6 Å². The van der Waals surface area contributed by atoms with Gasteiger partial charge in [-0.05, 0) is 44.9 Å². The van der Waals surface area contributed by atoms with Crippen LogP contribution in [0.3, 0.4) is 0 Å². The molecule has 0 aliphatic carbocycles. The lowest BCUT2D eigenvalue weighted by atomic mass is 10.0. The Morgan fingerprint density at radius 2 is 1.69 bits per heavy atom. The maximum absolute atomic E-state index is 12.2. The summed E-state index contributed by atoms with van der Waals surface area (Å²) in [6, 6.07) is 7.40. The SMILES string of the molecule is CC(=O)NCCC(O)C(O)c1ccc(N2CCN(C(=O)OC(C)(C)C)CC2)cc1. The first-order valence-electron chi connectivity index (χ1n) is 10.0. The molecule has 1 aliphatic rings. The molecular weight excluding hydrogens is 374 g/mol. The number of aliphatic hydroxyl groups excluding tert-OH is 2. The lowest BCUT2D eigenvalue weighted by Gasteiger charge is -2.36. The molecule has 2 unspecified atom stereocenters. The normalized spacial score (nSPS) is 16.9. The van der Waals surface area contributed by atoms with E-state index in [1.54, 1.807) is 17.0 Å². The number of carbonyl (C=O) groups excluding carboxylic acids is 2. The first-order chi connectivity index (χ1) is 13.6. The summed E-state index contributed by atoms with van der Waals surface area (Å²) in [5.41, 5.74) is 1.12. The summed E-state index contributed by atoms with van der Waals surface area (Å²) in [5.74, 6) is -0.164. The minimum absolute atomic E-state index is 0.164. The summed E-state index contributed by atoms with van der Waals surface area (Å²) in [6.45, 7) is 9.85. The third kappa shape index (κ3) is 7.21. The molecule has 1 aromatic rings. The van der Waals surface area contributed by atoms with E-state index >= 15 is 0 Å². The molecule has 0 aromatic heterocycles. The molecule has 1 saturated heterocycles. The van der Waals surface area contributed by atoms with Crippen LogP contribution in [0, 0.1) is 0 Å². The number of nitrogens with zero attached hydrogens (tertiary/aromatic N) is 2. The predicted molar refractivity (Wildman–Crippen MR) is 111 cm³/mol. The Morgan fingerprint density at radius 3 is 2.21 bits per heavy atom. The number of benzene rings is 1. The molecule has 1 heterocycles. The number of rotatable bonds is 6. The van der Waals surface area contributed by atoms with Gasteiger partial charge in [-0.3, -0.25) is 4.79 Å². The van der Waals surface area contributed by atoms with E-state index in [2.05, 4.69) is 10.2 Å². The van der Waals surface area contributed by atoms with Crippen molar-refractivity contribution < 1.29 is 24.5 Å². The molecule has 2 amide bonds. The van der Waals surface area contributed by atoms with Gasteiger partial charge < -0.3 is 30.1 Å². The van der Waals surface area contributed by atoms with E-state index in [1.807, 2.05) is 32.9 Å². The number of hydrogen-bond acceptors (Lipinski definition) is 6. The fourth-order valence-electron chi connectivity index (χ4n) is 3.13. The number of carbonyl (C=O) groups is 2. The highest BCUT2D eigenvalue weighted by molar-refractivity contribution is 5.72. The molecule has 0 spiro atoms. The molecule has 1 aromatic carbocycles. The second-order valence-electron chi connectivity index (χ2n) is 8.33. The second kappa shape index (κ2) is 9.93. The van der Waals surface area contributed by atoms with Gasteiger partial charge in [0.05, 0.1) is 6.10 Å². The fraction of sp³-hybridized carbons (Fsp3) is 0.619. The van der Waals surface area contributed by atoms with E-state index in [4.69, 9.17) is 4.74 Å². The highest BCUT2D eigenvalue weighted by Crippen LogP contribution is 2.23. The molecular formula is C21H33N3O5. The Hall–Kier alpha value is -2.32. The van der Waals surface area contributed by atoms with Crippen molar-refractivity contribution in [2.24, 2.45) is 0 Å². The quantitative estimate of drug-likeness (QED) is 0.663. The number of nitrogens with one attached hydrogen (secondary N) is 1. The van der Waals surface area contributed by atoms with Gasteiger partial charge in [0.15, 0.2) is 0 Å². The summed E-state index contributed by atoms with van der Waals surface area (Å²) in [6.07, 6.45) is -1.98. The van der Waals surface area contributed by atoms with Gasteiger partial charge in [0.25, 0.3) is 0 Å². The Kier molecular flexibility index (Phi) is 7.87. The van der Waals surface area contributed by atoms with Crippen LogP contribution in [0.1, 0.15) is 45.8 Å². The molecule has 2 rings (SSSR count). The summed E-state index contributed by atoms with van der Waals surface area (Å²) >= 11 is 0. The Morgan fingerprint density at radius 1 is 1.10 bits per heavy atom. The van der Waals surface area contributed by atoms with Crippen molar-refractivity contribution in [1.29, 1.82) is 0 Å². The highest BCUT2D eigenvalue weighted by atomic mass is 16.6. The van der Waals surface area contributed by atoms with E-state index < -0.39 is 17.8 Å². The Labute approximate surface area is 172 Å². The first kappa shape index (κ1) is 23.0. The van der Waals surface area contributed by atoms with Crippen LogP contribution in [0.5, 0.6) is 0 Å². The zero-order chi connectivity index (χ0) is 21.6. The minimum Gasteiger partial charge on any atom is -0.444 e. The molecule has 1 aliphatic heterocycles. The molecule has 3 N–H and O–H groups in total. The van der Waals surface area contributed by atoms with Crippen molar-refractivity contribution in [3.05, 3.63) is 29.8 Å². The molecule has 8 nitrogen and oxygen atoms in total. The molecule has 29 heavy (non-hydrogen) atoms. The van der Waals surface area contributed by atoms with Gasteiger partial charge in [-0.1, -0.05) is 12.1 Å². The van der Waals surface area contributed by atoms with Gasteiger partial charge in [0.2, 0.25) is 5.91 Å². The molecule has 0 bridgehead atoms. The second-order valence-corrected chi connectivity index (χ2v) is 8.33. The van der Waals surface area contributed by atoms with E-state index in [-0.39, 0.29) is 18.4 Å².